The van der Waals surface area contributed by atoms with Crippen molar-refractivity contribution in [3.8, 4) is 0 Å². The van der Waals surface area contributed by atoms with Crippen molar-refractivity contribution >= 4 is 23.5 Å². The van der Waals surface area contributed by atoms with Gasteiger partial charge in [-0.2, -0.15) is 0 Å². The second-order valence-electron chi connectivity index (χ2n) is 10.6. The molecule has 2 N–H and O–H groups in total. The third-order valence-corrected chi connectivity index (χ3v) is 8.98. The number of alkyl halides is 1. The smallest absolute Gasteiger partial charge is 0.303 e. The number of fused-ring (bicyclic) bond motifs is 5. The Morgan fingerprint density at radius 1 is 1.18 bits per heavy atom. The summed E-state index contributed by atoms with van der Waals surface area (Å²) < 4.78 is 27.9. The van der Waals surface area contributed by atoms with Crippen LogP contribution in [0.4, 0.5) is 4.39 Å². The first-order chi connectivity index (χ1) is 15.7. The van der Waals surface area contributed by atoms with Crippen molar-refractivity contribution in [1.82, 2.24) is 0 Å². The number of ether oxygens (including phenoxy) is 2. The van der Waals surface area contributed by atoms with Gasteiger partial charge in [0.1, 0.15) is 6.10 Å². The van der Waals surface area contributed by atoms with E-state index in [2.05, 4.69) is 0 Å². The van der Waals surface area contributed by atoms with Crippen LogP contribution >= 0.6 is 0 Å². The molecule has 8 atom stereocenters. The first kappa shape index (κ1) is 24.7. The number of halogens is 1. The molecule has 9 heteroatoms. The fourth-order valence-corrected chi connectivity index (χ4v) is 7.30. The van der Waals surface area contributed by atoms with Gasteiger partial charge in [0.05, 0.1) is 6.10 Å². The summed E-state index contributed by atoms with van der Waals surface area (Å²) in [7, 11) is 0. The molecule has 0 aromatic carbocycles. The number of hydrogen-bond acceptors (Lipinski definition) is 8. The van der Waals surface area contributed by atoms with Crippen LogP contribution in [-0.4, -0.2) is 63.8 Å². The molecule has 3 saturated carbocycles. The highest BCUT2D eigenvalue weighted by atomic mass is 19.1. The van der Waals surface area contributed by atoms with E-state index < -0.39 is 70.5 Å². The Morgan fingerprint density at radius 2 is 1.85 bits per heavy atom. The summed E-state index contributed by atoms with van der Waals surface area (Å²) in [5.74, 6) is -3.95. The molecule has 4 aliphatic rings. The lowest BCUT2D eigenvalue weighted by molar-refractivity contribution is -0.231. The number of rotatable bonds is 4. The van der Waals surface area contributed by atoms with Gasteiger partial charge in [-0.25, -0.2) is 4.39 Å². The zero-order chi connectivity index (χ0) is 25.3. The predicted molar refractivity (Wildman–Crippen MR) is 116 cm³/mol. The third-order valence-electron chi connectivity index (χ3n) is 8.98. The van der Waals surface area contributed by atoms with Gasteiger partial charge in [0, 0.05) is 30.6 Å². The first-order valence-corrected chi connectivity index (χ1v) is 11.6. The summed E-state index contributed by atoms with van der Waals surface area (Å²) >= 11 is 0. The van der Waals surface area contributed by atoms with E-state index in [4.69, 9.17) is 9.47 Å². The maximum atomic E-state index is 17.5. The Morgan fingerprint density at radius 3 is 2.47 bits per heavy atom. The highest BCUT2D eigenvalue weighted by Gasteiger charge is 2.77. The van der Waals surface area contributed by atoms with Crippen LogP contribution in [0.15, 0.2) is 23.8 Å². The molecule has 0 radical (unpaired) electrons. The van der Waals surface area contributed by atoms with Crippen molar-refractivity contribution in [3.63, 3.8) is 0 Å². The molecular weight excluding hydrogens is 447 g/mol. The first-order valence-electron chi connectivity index (χ1n) is 11.6. The Hall–Kier alpha value is -2.39. The lowest BCUT2D eigenvalue weighted by atomic mass is 9.44. The predicted octanol–water partition coefficient (Wildman–Crippen LogP) is 1.76. The quantitative estimate of drug-likeness (QED) is 0.586. The minimum Gasteiger partial charge on any atom is -0.459 e. The molecule has 3 fully saturated rings. The summed E-state index contributed by atoms with van der Waals surface area (Å²) in [6.07, 6.45) is 1.84. The Balaban J connectivity index is 1.83. The monoisotopic (exact) mass is 478 g/mol. The van der Waals surface area contributed by atoms with E-state index in [0.717, 1.165) is 13.8 Å². The number of Topliss-reactive ketones (excluding diaryl/α,β-unsaturated/α-hetero) is 1. The average Bonchev–Trinajstić information content (AvgIpc) is 2.94. The van der Waals surface area contributed by atoms with Crippen LogP contribution in [0, 0.1) is 22.7 Å². The normalized spacial score (nSPS) is 44.9. The molecule has 186 valence electrons. The molecule has 0 amide bonds. The Kier molecular flexibility index (Phi) is 5.68. The molecule has 4 aliphatic carbocycles. The van der Waals surface area contributed by atoms with Gasteiger partial charge in [0.15, 0.2) is 23.7 Å². The van der Waals surface area contributed by atoms with Crippen LogP contribution in [0.1, 0.15) is 53.4 Å². The molecule has 0 spiro atoms. The minimum absolute atomic E-state index is 0.0420. The van der Waals surface area contributed by atoms with E-state index in [-0.39, 0.29) is 25.0 Å². The summed E-state index contributed by atoms with van der Waals surface area (Å²) in [4.78, 5) is 48.4. The van der Waals surface area contributed by atoms with Crippen LogP contribution in [0.3, 0.4) is 0 Å². The van der Waals surface area contributed by atoms with Gasteiger partial charge >= 0.3 is 11.9 Å². The zero-order valence-corrected chi connectivity index (χ0v) is 19.8. The van der Waals surface area contributed by atoms with E-state index in [1.807, 2.05) is 0 Å². The fourth-order valence-electron chi connectivity index (χ4n) is 7.30. The maximum Gasteiger partial charge on any atom is 0.303 e. The van der Waals surface area contributed by atoms with E-state index in [0.29, 0.717) is 12.0 Å². The third kappa shape index (κ3) is 3.09. The molecular formula is C25H31FO8. The number of hydrogen-bond donors (Lipinski definition) is 2. The van der Waals surface area contributed by atoms with Gasteiger partial charge in [0.25, 0.3) is 0 Å². The van der Waals surface area contributed by atoms with Gasteiger partial charge in [0.2, 0.25) is 5.78 Å². The second kappa shape index (κ2) is 7.81. The van der Waals surface area contributed by atoms with Gasteiger partial charge in [-0.1, -0.05) is 18.6 Å². The number of carbonyl (C=O) groups excluding carboxylic acids is 4. The van der Waals surface area contributed by atoms with Crippen LogP contribution in [-0.2, 0) is 28.7 Å². The Bertz CT molecular complexity index is 1020. The highest BCUT2D eigenvalue weighted by Crippen LogP contribution is 2.70. The maximum absolute atomic E-state index is 17.5. The van der Waals surface area contributed by atoms with E-state index in [9.17, 15) is 29.4 Å². The van der Waals surface area contributed by atoms with Crippen molar-refractivity contribution < 1.29 is 43.3 Å². The topological polar surface area (TPSA) is 127 Å². The molecule has 0 aliphatic heterocycles. The van der Waals surface area contributed by atoms with E-state index >= 15 is 4.39 Å². The summed E-state index contributed by atoms with van der Waals surface area (Å²) in [5, 5.41) is 22.6. The highest BCUT2D eigenvalue weighted by molar-refractivity contribution is 6.01. The molecule has 8 nitrogen and oxygen atoms in total. The molecule has 0 aromatic rings. The molecule has 4 rings (SSSR count). The number of allylic oxidation sites excluding steroid dienone is 4. The van der Waals surface area contributed by atoms with Crippen molar-refractivity contribution in [2.75, 3.05) is 6.61 Å². The van der Waals surface area contributed by atoms with Gasteiger partial charge in [-0.15, -0.1) is 0 Å². The standard InChI is InChI=1S/C25H31FO8/c1-13(27)33-12-20(31)25(32)19(30)10-18-17-6-5-15-9-16(29)7-8-22(15,3)24(17,26)21(34-14(2)28)11-23(18,25)4/h7-9,17-19,21,30,32H,5-6,10-12H2,1-4H3/t17-,18-,19+,21-,22-,23-,24-,25-/m0/s1. The molecule has 0 bridgehead atoms. The number of aliphatic hydroxyl groups excluding tert-OH is 1. The SMILES string of the molecule is CC(=O)OCC(=O)[C@@]1(O)[C@H](O)C[C@H]2[C@@H]3CCC4=CC(=O)C=C[C@]4(C)[C@@]3(F)[C@@H](OC(C)=O)C[C@@]21C. The molecule has 34 heavy (non-hydrogen) atoms. The van der Waals surface area contributed by atoms with E-state index in [1.165, 1.54) is 18.2 Å². The van der Waals surface area contributed by atoms with Crippen molar-refractivity contribution in [2.24, 2.45) is 22.7 Å². The number of ketones is 2. The fraction of sp³-hybridized carbons (Fsp3) is 0.680. The van der Waals surface area contributed by atoms with Crippen LogP contribution < -0.4 is 0 Å². The summed E-state index contributed by atoms with van der Waals surface area (Å²) in [5.41, 5.74) is -6.43. The minimum atomic E-state index is -2.32. The Labute approximate surface area is 197 Å². The second-order valence-corrected chi connectivity index (χ2v) is 10.6. The molecule has 0 heterocycles. The van der Waals surface area contributed by atoms with Gasteiger partial charge in [-0.3, -0.25) is 19.2 Å². The lowest BCUT2D eigenvalue weighted by Gasteiger charge is -2.62. The number of esters is 2. The van der Waals surface area contributed by atoms with Gasteiger partial charge < -0.3 is 19.7 Å². The van der Waals surface area contributed by atoms with Crippen LogP contribution in [0.5, 0.6) is 0 Å². The van der Waals surface area contributed by atoms with Crippen molar-refractivity contribution in [1.29, 1.82) is 0 Å². The van der Waals surface area contributed by atoms with E-state index in [1.54, 1.807) is 13.8 Å². The van der Waals surface area contributed by atoms with Crippen molar-refractivity contribution in [2.45, 2.75) is 76.9 Å². The zero-order valence-electron chi connectivity index (χ0n) is 19.8. The number of carbonyl (C=O) groups is 4. The number of aliphatic hydroxyl groups is 2. The summed E-state index contributed by atoms with van der Waals surface area (Å²) in [6, 6.07) is 0. The van der Waals surface area contributed by atoms with Crippen LogP contribution in [0.2, 0.25) is 0 Å². The molecule has 0 unspecified atom stereocenters. The molecule has 0 aromatic heterocycles. The van der Waals surface area contributed by atoms with Crippen LogP contribution in [0.25, 0.3) is 0 Å². The average molecular weight is 479 g/mol. The molecule has 0 saturated heterocycles. The largest absolute Gasteiger partial charge is 0.459 e. The lowest BCUT2D eigenvalue weighted by Crippen LogP contribution is -2.70. The summed E-state index contributed by atoms with van der Waals surface area (Å²) in [6.45, 7) is 4.83. The van der Waals surface area contributed by atoms with Gasteiger partial charge in [-0.05, 0) is 50.7 Å². The van der Waals surface area contributed by atoms with Crippen molar-refractivity contribution in [3.05, 3.63) is 23.8 Å².